The SMILES string of the molecule is OCCCC1CCCc2c1ccc1c2ccc2ccccc21. The Morgan fingerprint density at radius 2 is 1.77 bits per heavy atom. The fraction of sp³-hybridized carbons (Fsp3) is 0.333. The molecule has 0 bridgehead atoms. The van der Waals surface area contributed by atoms with Crippen LogP contribution in [0.3, 0.4) is 0 Å². The van der Waals surface area contributed by atoms with Crippen LogP contribution in [-0.4, -0.2) is 11.7 Å². The first-order valence-electron chi connectivity index (χ1n) is 8.42. The van der Waals surface area contributed by atoms with E-state index in [9.17, 15) is 0 Å². The van der Waals surface area contributed by atoms with Crippen molar-refractivity contribution in [1.82, 2.24) is 0 Å². The monoisotopic (exact) mass is 290 g/mol. The highest BCUT2D eigenvalue weighted by Crippen LogP contribution is 2.39. The second kappa shape index (κ2) is 5.73. The summed E-state index contributed by atoms with van der Waals surface area (Å²) >= 11 is 0. The third-order valence-electron chi connectivity index (χ3n) is 5.20. The average molecular weight is 290 g/mol. The Hall–Kier alpha value is -1.86. The zero-order chi connectivity index (χ0) is 14.9. The number of hydrogen-bond acceptors (Lipinski definition) is 1. The highest BCUT2D eigenvalue weighted by atomic mass is 16.2. The molecule has 0 fully saturated rings. The highest BCUT2D eigenvalue weighted by molar-refractivity contribution is 6.08. The van der Waals surface area contributed by atoms with E-state index in [0.29, 0.717) is 12.5 Å². The summed E-state index contributed by atoms with van der Waals surface area (Å²) in [5.74, 6) is 0.631. The third kappa shape index (κ3) is 2.21. The predicted molar refractivity (Wildman–Crippen MR) is 93.5 cm³/mol. The molecule has 0 saturated carbocycles. The van der Waals surface area contributed by atoms with E-state index in [1.165, 1.54) is 46.4 Å². The number of aryl methyl sites for hydroxylation is 1. The molecule has 1 unspecified atom stereocenters. The lowest BCUT2D eigenvalue weighted by Gasteiger charge is -2.27. The molecule has 1 atom stereocenters. The Labute approximate surface area is 131 Å². The zero-order valence-electron chi connectivity index (χ0n) is 12.9. The van der Waals surface area contributed by atoms with Gasteiger partial charge in [0.25, 0.3) is 0 Å². The lowest BCUT2D eigenvalue weighted by Crippen LogP contribution is -2.11. The molecule has 0 radical (unpaired) electrons. The summed E-state index contributed by atoms with van der Waals surface area (Å²) in [5.41, 5.74) is 3.08. The van der Waals surface area contributed by atoms with Gasteiger partial charge in [-0.25, -0.2) is 0 Å². The third-order valence-corrected chi connectivity index (χ3v) is 5.20. The molecule has 0 saturated heterocycles. The van der Waals surface area contributed by atoms with Gasteiger partial charge in [-0.05, 0) is 70.7 Å². The van der Waals surface area contributed by atoms with Crippen LogP contribution in [0, 0.1) is 0 Å². The van der Waals surface area contributed by atoms with E-state index in [2.05, 4.69) is 48.5 Å². The van der Waals surface area contributed by atoms with Crippen molar-refractivity contribution in [3.05, 3.63) is 59.7 Å². The van der Waals surface area contributed by atoms with Crippen molar-refractivity contribution in [2.24, 2.45) is 0 Å². The minimum Gasteiger partial charge on any atom is -0.396 e. The van der Waals surface area contributed by atoms with Crippen LogP contribution in [-0.2, 0) is 6.42 Å². The maximum absolute atomic E-state index is 9.14. The van der Waals surface area contributed by atoms with Gasteiger partial charge in [-0.1, -0.05) is 48.5 Å². The van der Waals surface area contributed by atoms with E-state index in [-0.39, 0.29) is 0 Å². The van der Waals surface area contributed by atoms with Crippen molar-refractivity contribution in [3.8, 4) is 0 Å². The molecule has 3 aromatic rings. The van der Waals surface area contributed by atoms with Crippen LogP contribution < -0.4 is 0 Å². The summed E-state index contributed by atoms with van der Waals surface area (Å²) in [4.78, 5) is 0. The van der Waals surface area contributed by atoms with E-state index in [0.717, 1.165) is 12.8 Å². The molecule has 3 aromatic carbocycles. The summed E-state index contributed by atoms with van der Waals surface area (Å²) in [6, 6.07) is 17.9. The smallest absolute Gasteiger partial charge is 0.0431 e. The Balaban J connectivity index is 1.90. The minimum absolute atomic E-state index is 0.310. The van der Waals surface area contributed by atoms with Gasteiger partial charge in [0.1, 0.15) is 0 Å². The number of benzene rings is 3. The second-order valence-electron chi connectivity index (χ2n) is 6.47. The molecular weight excluding hydrogens is 268 g/mol. The van der Waals surface area contributed by atoms with Crippen molar-refractivity contribution >= 4 is 21.5 Å². The Morgan fingerprint density at radius 3 is 2.68 bits per heavy atom. The van der Waals surface area contributed by atoms with Gasteiger partial charge in [0, 0.05) is 6.61 Å². The van der Waals surface area contributed by atoms with Gasteiger partial charge >= 0.3 is 0 Å². The van der Waals surface area contributed by atoms with Crippen molar-refractivity contribution in [2.75, 3.05) is 6.61 Å². The van der Waals surface area contributed by atoms with Crippen molar-refractivity contribution < 1.29 is 5.11 Å². The lowest BCUT2D eigenvalue weighted by atomic mass is 9.78. The molecule has 1 nitrogen and oxygen atoms in total. The number of aliphatic hydroxyl groups excluding tert-OH is 1. The van der Waals surface area contributed by atoms with Crippen molar-refractivity contribution in [3.63, 3.8) is 0 Å². The first kappa shape index (κ1) is 13.8. The predicted octanol–water partition coefficient (Wildman–Crippen LogP) is 5.19. The Bertz CT molecular complexity index is 819. The Kier molecular flexibility index (Phi) is 3.59. The quantitative estimate of drug-likeness (QED) is 0.658. The largest absolute Gasteiger partial charge is 0.396 e. The van der Waals surface area contributed by atoms with Crippen LogP contribution in [0.1, 0.15) is 42.7 Å². The van der Waals surface area contributed by atoms with Gasteiger partial charge in [-0.2, -0.15) is 0 Å². The molecule has 22 heavy (non-hydrogen) atoms. The molecule has 0 aromatic heterocycles. The van der Waals surface area contributed by atoms with Gasteiger partial charge in [0.15, 0.2) is 0 Å². The van der Waals surface area contributed by atoms with Gasteiger partial charge in [0.05, 0.1) is 0 Å². The molecule has 1 N–H and O–H groups in total. The molecular formula is C21H22O. The van der Waals surface area contributed by atoms with E-state index >= 15 is 0 Å². The lowest BCUT2D eigenvalue weighted by molar-refractivity contribution is 0.277. The standard InChI is InChI=1S/C21H22O/c22-14-4-7-15-6-3-9-19-18(15)12-13-20-17-8-2-1-5-16(17)10-11-21(19)20/h1-2,5,8,10-13,15,22H,3-4,6-7,9,14H2. The number of fused-ring (bicyclic) bond motifs is 5. The van der Waals surface area contributed by atoms with Crippen LogP contribution in [0.5, 0.6) is 0 Å². The molecule has 1 heteroatoms. The highest BCUT2D eigenvalue weighted by Gasteiger charge is 2.21. The zero-order valence-corrected chi connectivity index (χ0v) is 12.9. The molecule has 0 aliphatic heterocycles. The summed E-state index contributed by atoms with van der Waals surface area (Å²) in [6.07, 6.45) is 5.77. The molecule has 112 valence electrons. The topological polar surface area (TPSA) is 20.2 Å². The number of aliphatic hydroxyl groups is 1. The summed E-state index contributed by atoms with van der Waals surface area (Å²) in [7, 11) is 0. The first-order chi connectivity index (χ1) is 10.9. The van der Waals surface area contributed by atoms with Crippen molar-refractivity contribution in [1.29, 1.82) is 0 Å². The molecule has 0 spiro atoms. The van der Waals surface area contributed by atoms with Gasteiger partial charge < -0.3 is 5.11 Å². The van der Waals surface area contributed by atoms with Crippen LogP contribution in [0.4, 0.5) is 0 Å². The molecule has 4 rings (SSSR count). The van der Waals surface area contributed by atoms with E-state index in [1.54, 1.807) is 5.56 Å². The molecule has 1 aliphatic carbocycles. The first-order valence-corrected chi connectivity index (χ1v) is 8.42. The maximum Gasteiger partial charge on any atom is 0.0431 e. The van der Waals surface area contributed by atoms with Crippen molar-refractivity contribution in [2.45, 2.75) is 38.0 Å². The average Bonchev–Trinajstić information content (AvgIpc) is 2.59. The summed E-state index contributed by atoms with van der Waals surface area (Å²) in [6.45, 7) is 0.310. The van der Waals surface area contributed by atoms with Gasteiger partial charge in [0.2, 0.25) is 0 Å². The number of hydrogen-bond donors (Lipinski definition) is 1. The van der Waals surface area contributed by atoms with Crippen LogP contribution in [0.15, 0.2) is 48.5 Å². The Morgan fingerprint density at radius 1 is 0.909 bits per heavy atom. The van der Waals surface area contributed by atoms with Gasteiger partial charge in [-0.3, -0.25) is 0 Å². The van der Waals surface area contributed by atoms with Crippen LogP contribution >= 0.6 is 0 Å². The maximum atomic E-state index is 9.14. The van der Waals surface area contributed by atoms with Crippen LogP contribution in [0.25, 0.3) is 21.5 Å². The number of rotatable bonds is 3. The molecule has 1 aliphatic rings. The fourth-order valence-electron chi connectivity index (χ4n) is 4.15. The molecule has 0 heterocycles. The summed E-state index contributed by atoms with van der Waals surface area (Å²) < 4.78 is 0. The second-order valence-corrected chi connectivity index (χ2v) is 6.47. The minimum atomic E-state index is 0.310. The summed E-state index contributed by atoms with van der Waals surface area (Å²) in [5, 5.41) is 14.6. The van der Waals surface area contributed by atoms with E-state index in [4.69, 9.17) is 5.11 Å². The molecule has 0 amide bonds. The normalized spacial score (nSPS) is 17.8. The van der Waals surface area contributed by atoms with E-state index in [1.807, 2.05) is 0 Å². The van der Waals surface area contributed by atoms with Crippen LogP contribution in [0.2, 0.25) is 0 Å². The van der Waals surface area contributed by atoms with E-state index < -0.39 is 0 Å². The van der Waals surface area contributed by atoms with Gasteiger partial charge in [-0.15, -0.1) is 0 Å². The fourth-order valence-corrected chi connectivity index (χ4v) is 4.15.